The molecule has 4 rings (SSSR count). The fourth-order valence-electron chi connectivity index (χ4n) is 3.92. The van der Waals surface area contributed by atoms with Gasteiger partial charge in [-0.2, -0.15) is 0 Å². The molecule has 1 unspecified atom stereocenters. The molecule has 3 aromatic rings. The van der Waals surface area contributed by atoms with Crippen molar-refractivity contribution in [1.82, 2.24) is 9.62 Å². The number of hydrogen-bond donors (Lipinski definition) is 1. The summed E-state index contributed by atoms with van der Waals surface area (Å²) >= 11 is 0. The van der Waals surface area contributed by atoms with Crippen LogP contribution in [0.3, 0.4) is 0 Å². The molecule has 0 radical (unpaired) electrons. The highest BCUT2D eigenvalue weighted by Crippen LogP contribution is 2.23. The van der Waals surface area contributed by atoms with E-state index >= 15 is 0 Å². The summed E-state index contributed by atoms with van der Waals surface area (Å²) in [7, 11) is -3.56. The zero-order valence-corrected chi connectivity index (χ0v) is 19.4. The predicted octanol–water partition coefficient (Wildman–Crippen LogP) is 4.62. The molecule has 1 heterocycles. The molecule has 3 aromatic carbocycles. The van der Waals surface area contributed by atoms with Crippen LogP contribution in [0.25, 0.3) is 0 Å². The predicted molar refractivity (Wildman–Crippen MR) is 128 cm³/mol. The van der Waals surface area contributed by atoms with Gasteiger partial charge in [-0.3, -0.25) is 4.79 Å². The van der Waals surface area contributed by atoms with Gasteiger partial charge < -0.3 is 9.64 Å². The molecule has 1 aliphatic heterocycles. The molecule has 0 bridgehead atoms. The molecule has 33 heavy (non-hydrogen) atoms. The molecule has 1 saturated heterocycles. The Hall–Kier alpha value is -3.16. The summed E-state index contributed by atoms with van der Waals surface area (Å²) in [6.45, 7) is 3.42. The Morgan fingerprint density at radius 1 is 0.970 bits per heavy atom. The van der Waals surface area contributed by atoms with Gasteiger partial charge in [0.05, 0.1) is 4.90 Å². The van der Waals surface area contributed by atoms with Crippen molar-refractivity contribution in [3.8, 4) is 11.5 Å². The van der Waals surface area contributed by atoms with Gasteiger partial charge in [0.15, 0.2) is 0 Å². The molecule has 172 valence electrons. The van der Waals surface area contributed by atoms with Crippen LogP contribution in [0.5, 0.6) is 11.5 Å². The average molecular weight is 465 g/mol. The number of likely N-dealkylation sites (tertiary alicyclic amines) is 1. The van der Waals surface area contributed by atoms with Gasteiger partial charge in [-0.15, -0.1) is 0 Å². The third-order valence-electron chi connectivity index (χ3n) is 5.78. The molecular weight excluding hydrogens is 436 g/mol. The highest BCUT2D eigenvalue weighted by Gasteiger charge is 2.26. The number of nitrogens with one attached hydrogen (secondary N) is 1. The average Bonchev–Trinajstić information content (AvgIpc) is 2.84. The van der Waals surface area contributed by atoms with Crippen LogP contribution in [-0.4, -0.2) is 38.9 Å². The first kappa shape index (κ1) is 23.0. The summed E-state index contributed by atoms with van der Waals surface area (Å²) in [5, 5.41) is 0. The second-order valence-corrected chi connectivity index (χ2v) is 10.1. The van der Waals surface area contributed by atoms with Crippen LogP contribution in [0.2, 0.25) is 0 Å². The third-order valence-corrected chi connectivity index (χ3v) is 7.22. The minimum atomic E-state index is -3.56. The lowest BCUT2D eigenvalue weighted by Crippen LogP contribution is -2.43. The maximum atomic E-state index is 13.0. The summed E-state index contributed by atoms with van der Waals surface area (Å²) in [5.41, 5.74) is 1.60. The summed E-state index contributed by atoms with van der Waals surface area (Å²) in [5.74, 6) is 1.43. The van der Waals surface area contributed by atoms with Gasteiger partial charge in [0, 0.05) is 25.2 Å². The number of carbonyl (C=O) groups excluding carboxylic acids is 1. The van der Waals surface area contributed by atoms with Crippen molar-refractivity contribution in [2.75, 3.05) is 19.6 Å². The monoisotopic (exact) mass is 464 g/mol. The first-order valence-corrected chi connectivity index (χ1v) is 12.6. The molecule has 0 aliphatic carbocycles. The Labute approximate surface area is 195 Å². The summed E-state index contributed by atoms with van der Waals surface area (Å²) in [4.78, 5) is 15.1. The van der Waals surface area contributed by atoms with E-state index in [1.807, 2.05) is 37.3 Å². The number of rotatable bonds is 7. The van der Waals surface area contributed by atoms with E-state index in [0.29, 0.717) is 30.9 Å². The van der Waals surface area contributed by atoms with Crippen LogP contribution in [0.1, 0.15) is 28.8 Å². The van der Waals surface area contributed by atoms with Crippen LogP contribution in [0, 0.1) is 12.8 Å². The largest absolute Gasteiger partial charge is 0.457 e. The highest BCUT2D eigenvalue weighted by molar-refractivity contribution is 7.89. The van der Waals surface area contributed by atoms with Crippen molar-refractivity contribution in [2.45, 2.75) is 24.7 Å². The van der Waals surface area contributed by atoms with Gasteiger partial charge in [0.2, 0.25) is 10.0 Å². The molecule has 1 atom stereocenters. The Bertz CT molecular complexity index is 1180. The molecular formula is C26H28N2O4S. The van der Waals surface area contributed by atoms with E-state index < -0.39 is 10.0 Å². The molecule has 1 amide bonds. The van der Waals surface area contributed by atoms with Crippen molar-refractivity contribution in [2.24, 2.45) is 5.92 Å². The van der Waals surface area contributed by atoms with Crippen LogP contribution < -0.4 is 9.46 Å². The van der Waals surface area contributed by atoms with E-state index in [1.54, 1.807) is 53.4 Å². The number of nitrogens with zero attached hydrogens (tertiary/aromatic N) is 1. The Morgan fingerprint density at radius 2 is 1.64 bits per heavy atom. The molecule has 1 aliphatic rings. The van der Waals surface area contributed by atoms with Crippen LogP contribution >= 0.6 is 0 Å². The molecule has 1 N–H and O–H groups in total. The second kappa shape index (κ2) is 10.2. The van der Waals surface area contributed by atoms with Crippen molar-refractivity contribution >= 4 is 15.9 Å². The molecule has 0 spiro atoms. The Balaban J connectivity index is 1.34. The van der Waals surface area contributed by atoms with E-state index in [9.17, 15) is 13.2 Å². The fraction of sp³-hybridized carbons (Fsp3) is 0.269. The topological polar surface area (TPSA) is 75.7 Å². The number of sulfonamides is 1. The smallest absolute Gasteiger partial charge is 0.253 e. The van der Waals surface area contributed by atoms with E-state index in [-0.39, 0.29) is 16.7 Å². The lowest BCUT2D eigenvalue weighted by Gasteiger charge is -2.33. The first-order chi connectivity index (χ1) is 15.9. The number of carbonyl (C=O) groups is 1. The molecule has 6 nitrogen and oxygen atoms in total. The van der Waals surface area contributed by atoms with Crippen LogP contribution in [-0.2, 0) is 10.0 Å². The van der Waals surface area contributed by atoms with Gasteiger partial charge in [-0.25, -0.2) is 13.1 Å². The number of para-hydroxylation sites is 1. The van der Waals surface area contributed by atoms with E-state index in [4.69, 9.17) is 4.74 Å². The SMILES string of the molecule is Cc1ccc(S(=O)(=O)NCC2CCCN(C(=O)c3ccc(Oc4ccccc4)cc3)C2)cc1. The minimum Gasteiger partial charge on any atom is -0.457 e. The zero-order chi connectivity index (χ0) is 23.3. The first-order valence-electron chi connectivity index (χ1n) is 11.1. The summed E-state index contributed by atoms with van der Waals surface area (Å²) in [6, 6.07) is 23.4. The molecule has 0 aromatic heterocycles. The highest BCUT2D eigenvalue weighted by atomic mass is 32.2. The lowest BCUT2D eigenvalue weighted by molar-refractivity contribution is 0.0676. The normalized spacial score (nSPS) is 16.4. The van der Waals surface area contributed by atoms with Gasteiger partial charge in [0.1, 0.15) is 11.5 Å². The number of amides is 1. The zero-order valence-electron chi connectivity index (χ0n) is 18.6. The number of aryl methyl sites for hydroxylation is 1. The van der Waals surface area contributed by atoms with Gasteiger partial charge in [0.25, 0.3) is 5.91 Å². The maximum absolute atomic E-state index is 13.0. The lowest BCUT2D eigenvalue weighted by atomic mass is 9.97. The van der Waals surface area contributed by atoms with Crippen LogP contribution in [0.4, 0.5) is 0 Å². The Morgan fingerprint density at radius 3 is 2.33 bits per heavy atom. The maximum Gasteiger partial charge on any atom is 0.253 e. The van der Waals surface area contributed by atoms with E-state index in [2.05, 4.69) is 4.72 Å². The van der Waals surface area contributed by atoms with Gasteiger partial charge in [-0.05, 0) is 74.2 Å². The van der Waals surface area contributed by atoms with E-state index in [1.165, 1.54) is 0 Å². The van der Waals surface area contributed by atoms with Gasteiger partial charge >= 0.3 is 0 Å². The third kappa shape index (κ3) is 6.00. The Kier molecular flexibility index (Phi) is 7.11. The van der Waals surface area contributed by atoms with E-state index in [0.717, 1.165) is 24.2 Å². The number of piperidine rings is 1. The fourth-order valence-corrected chi connectivity index (χ4v) is 5.03. The second-order valence-electron chi connectivity index (χ2n) is 8.36. The number of ether oxygens (including phenoxy) is 1. The number of hydrogen-bond acceptors (Lipinski definition) is 4. The molecule has 0 saturated carbocycles. The molecule has 7 heteroatoms. The van der Waals surface area contributed by atoms with Crippen molar-refractivity contribution in [3.05, 3.63) is 90.0 Å². The van der Waals surface area contributed by atoms with Crippen molar-refractivity contribution in [3.63, 3.8) is 0 Å². The quantitative estimate of drug-likeness (QED) is 0.554. The van der Waals surface area contributed by atoms with Crippen LogP contribution in [0.15, 0.2) is 83.8 Å². The van der Waals surface area contributed by atoms with Crippen molar-refractivity contribution in [1.29, 1.82) is 0 Å². The van der Waals surface area contributed by atoms with Crippen molar-refractivity contribution < 1.29 is 17.9 Å². The minimum absolute atomic E-state index is 0.0487. The van der Waals surface area contributed by atoms with Gasteiger partial charge in [-0.1, -0.05) is 35.9 Å². The number of benzene rings is 3. The summed E-state index contributed by atoms with van der Waals surface area (Å²) in [6.07, 6.45) is 1.72. The molecule has 1 fully saturated rings. The summed E-state index contributed by atoms with van der Waals surface area (Å²) < 4.78 is 33.7. The standard InChI is InChI=1S/C26H28N2O4S/c1-20-9-15-25(16-10-20)33(30,31)27-18-21-6-5-17-28(19-21)26(29)22-11-13-24(14-12-22)32-23-7-3-2-4-8-23/h2-4,7-16,21,27H,5-6,17-19H2,1H3.